The largest absolute Gasteiger partial charge is 0.469 e. The molecule has 0 spiro atoms. The Morgan fingerprint density at radius 1 is 1.19 bits per heavy atom. The second-order valence-electron chi connectivity index (χ2n) is 9.22. The van der Waals surface area contributed by atoms with Crippen molar-refractivity contribution in [3.8, 4) is 0 Å². The van der Waals surface area contributed by atoms with Crippen molar-refractivity contribution in [2.24, 2.45) is 13.0 Å². The van der Waals surface area contributed by atoms with Crippen molar-refractivity contribution in [3.05, 3.63) is 68.3 Å². The van der Waals surface area contributed by atoms with E-state index in [2.05, 4.69) is 0 Å². The van der Waals surface area contributed by atoms with Gasteiger partial charge in [-0.05, 0) is 54.8 Å². The average Bonchev–Trinajstić information content (AvgIpc) is 3.16. The van der Waals surface area contributed by atoms with Crippen LogP contribution in [-0.4, -0.2) is 52.8 Å². The molecule has 0 bridgehead atoms. The van der Waals surface area contributed by atoms with Crippen molar-refractivity contribution in [1.82, 2.24) is 9.47 Å². The Bertz CT molecular complexity index is 1390. The van der Waals surface area contributed by atoms with Gasteiger partial charge in [0, 0.05) is 48.2 Å². The maximum Gasteiger partial charge on any atom is 0.416 e. The highest BCUT2D eigenvalue weighted by molar-refractivity contribution is 6.38. The lowest BCUT2D eigenvalue weighted by molar-refractivity contribution is -0.151. The quantitative estimate of drug-likeness (QED) is 0.437. The van der Waals surface area contributed by atoms with Crippen molar-refractivity contribution in [2.45, 2.75) is 32.0 Å². The summed E-state index contributed by atoms with van der Waals surface area (Å²) in [5, 5.41) is 11.3. The minimum Gasteiger partial charge on any atom is -0.469 e. The van der Waals surface area contributed by atoms with Gasteiger partial charge >= 0.3 is 12.1 Å². The predicted molar refractivity (Wildman–Crippen MR) is 134 cm³/mol. The third-order valence-corrected chi connectivity index (χ3v) is 7.72. The van der Waals surface area contributed by atoms with E-state index >= 15 is 0 Å². The van der Waals surface area contributed by atoms with Crippen molar-refractivity contribution in [3.63, 3.8) is 0 Å². The molecule has 3 aromatic rings. The number of hydrogen-bond donors (Lipinski definition) is 1. The fourth-order valence-electron chi connectivity index (χ4n) is 4.78. The van der Waals surface area contributed by atoms with Crippen LogP contribution in [0.3, 0.4) is 0 Å². The fraction of sp³-hybridized carbons (Fsp3) is 0.385. The Balaban J connectivity index is 1.68. The smallest absolute Gasteiger partial charge is 0.416 e. The van der Waals surface area contributed by atoms with Crippen molar-refractivity contribution in [1.29, 1.82) is 0 Å². The summed E-state index contributed by atoms with van der Waals surface area (Å²) in [6.07, 6.45) is -5.00. The average molecular weight is 557 g/mol. The number of hydrogen-bond acceptors (Lipinski definition) is 4. The molecule has 4 rings (SSSR count). The molecule has 0 radical (unpaired) electrons. The standard InChI is InChI=1S/C26H25Cl2F3N2O4/c1-13-8-14(26(29,30)31)9-21-17(13)10-15(32(21)2)11-18-20(27)5-4-16(23(18)28)24(35)33-7-6-22(34)19(12-33)25(36)37-3/h4-5,8-10,19,22,34H,6-7,11-12H2,1-3H3. The van der Waals surface area contributed by atoms with E-state index in [9.17, 15) is 27.9 Å². The molecule has 1 aliphatic heterocycles. The maximum atomic E-state index is 13.4. The summed E-state index contributed by atoms with van der Waals surface area (Å²) in [6, 6.07) is 7.05. The normalized spacial score (nSPS) is 18.4. The second-order valence-corrected chi connectivity index (χ2v) is 10.0. The number of aliphatic hydroxyl groups is 1. The first-order chi connectivity index (χ1) is 17.3. The lowest BCUT2D eigenvalue weighted by Gasteiger charge is -2.35. The molecule has 37 heavy (non-hydrogen) atoms. The Kier molecular flexibility index (Phi) is 7.52. The third-order valence-electron chi connectivity index (χ3n) is 6.94. The number of ether oxygens (including phenoxy) is 1. The van der Waals surface area contributed by atoms with Gasteiger partial charge in [0.15, 0.2) is 0 Å². The molecule has 1 aromatic heterocycles. The number of methoxy groups -OCH3 is 1. The van der Waals surface area contributed by atoms with Crippen LogP contribution in [0.25, 0.3) is 10.9 Å². The first-order valence-electron chi connectivity index (χ1n) is 11.5. The summed E-state index contributed by atoms with van der Waals surface area (Å²) in [5.41, 5.74) is 1.47. The molecule has 2 unspecified atom stereocenters. The fourth-order valence-corrected chi connectivity index (χ4v) is 5.37. The number of nitrogens with zero attached hydrogens (tertiary/aromatic N) is 2. The molecule has 2 heterocycles. The van der Waals surface area contributed by atoms with E-state index in [1.54, 1.807) is 30.7 Å². The number of alkyl halides is 3. The number of halogens is 5. The molecule has 2 atom stereocenters. The van der Waals surface area contributed by atoms with E-state index in [-0.39, 0.29) is 36.5 Å². The Morgan fingerprint density at radius 2 is 1.89 bits per heavy atom. The van der Waals surface area contributed by atoms with E-state index in [0.29, 0.717) is 32.7 Å². The molecule has 1 fully saturated rings. The molecule has 6 nitrogen and oxygen atoms in total. The first kappa shape index (κ1) is 27.3. The number of carbonyl (C=O) groups is 2. The molecule has 11 heteroatoms. The zero-order chi connectivity index (χ0) is 27.2. The number of rotatable bonds is 4. The number of aliphatic hydroxyl groups excluding tert-OH is 1. The van der Waals surface area contributed by atoms with E-state index in [1.807, 2.05) is 0 Å². The first-order valence-corrected chi connectivity index (χ1v) is 12.3. The van der Waals surface area contributed by atoms with Crippen LogP contribution in [-0.2, 0) is 29.2 Å². The van der Waals surface area contributed by atoms with Crippen LogP contribution in [0.1, 0.15) is 39.2 Å². The summed E-state index contributed by atoms with van der Waals surface area (Å²) < 4.78 is 46.5. The van der Waals surface area contributed by atoms with Crippen LogP contribution in [0, 0.1) is 12.8 Å². The summed E-state index contributed by atoms with van der Waals surface area (Å²) in [4.78, 5) is 26.8. The highest BCUT2D eigenvalue weighted by atomic mass is 35.5. The minimum atomic E-state index is -4.47. The summed E-state index contributed by atoms with van der Waals surface area (Å²) in [5.74, 6) is -1.90. The molecule has 1 N–H and O–H groups in total. The number of esters is 1. The molecular weight excluding hydrogens is 532 g/mol. The number of amides is 1. The second kappa shape index (κ2) is 10.2. The van der Waals surface area contributed by atoms with E-state index in [1.165, 1.54) is 18.1 Å². The summed E-state index contributed by atoms with van der Waals surface area (Å²) in [7, 11) is 2.89. The van der Waals surface area contributed by atoms with Gasteiger partial charge in [0.25, 0.3) is 5.91 Å². The lowest BCUT2D eigenvalue weighted by atomic mass is 9.94. The molecular formula is C26H25Cl2F3N2O4. The number of likely N-dealkylation sites (tertiary alicyclic amines) is 1. The molecule has 1 amide bonds. The molecule has 198 valence electrons. The van der Waals surface area contributed by atoms with Gasteiger partial charge in [-0.3, -0.25) is 9.59 Å². The number of aromatic nitrogens is 1. The lowest BCUT2D eigenvalue weighted by Crippen LogP contribution is -2.49. The molecule has 1 aliphatic rings. The van der Waals surface area contributed by atoms with E-state index in [0.717, 1.165) is 12.1 Å². The van der Waals surface area contributed by atoms with Gasteiger partial charge in [0.2, 0.25) is 0 Å². The zero-order valence-corrected chi connectivity index (χ0v) is 21.8. The zero-order valence-electron chi connectivity index (χ0n) is 20.3. The molecule has 1 saturated heterocycles. The minimum absolute atomic E-state index is 0.0228. The number of fused-ring (bicyclic) bond motifs is 1. The Morgan fingerprint density at radius 3 is 2.54 bits per heavy atom. The Hall–Kier alpha value is -2.75. The maximum absolute atomic E-state index is 13.4. The van der Waals surface area contributed by atoms with Gasteiger partial charge in [-0.2, -0.15) is 13.2 Å². The van der Waals surface area contributed by atoms with Gasteiger partial charge in [0.1, 0.15) is 5.92 Å². The van der Waals surface area contributed by atoms with Crippen molar-refractivity contribution in [2.75, 3.05) is 20.2 Å². The van der Waals surface area contributed by atoms with Gasteiger partial charge in [-0.15, -0.1) is 0 Å². The van der Waals surface area contributed by atoms with Gasteiger partial charge in [-0.25, -0.2) is 0 Å². The highest BCUT2D eigenvalue weighted by Crippen LogP contribution is 2.36. The monoisotopic (exact) mass is 556 g/mol. The van der Waals surface area contributed by atoms with E-state index in [4.69, 9.17) is 27.9 Å². The van der Waals surface area contributed by atoms with Crippen LogP contribution < -0.4 is 0 Å². The predicted octanol–water partition coefficient (Wildman–Crippen LogP) is 5.40. The van der Waals surface area contributed by atoms with Gasteiger partial charge < -0.3 is 19.3 Å². The van der Waals surface area contributed by atoms with Crippen molar-refractivity contribution < 1.29 is 32.6 Å². The van der Waals surface area contributed by atoms with Crippen molar-refractivity contribution >= 4 is 46.0 Å². The summed E-state index contributed by atoms with van der Waals surface area (Å²) >= 11 is 13.1. The number of benzene rings is 2. The van der Waals surface area contributed by atoms with Crippen LogP contribution in [0.2, 0.25) is 10.0 Å². The van der Waals surface area contributed by atoms with Crippen LogP contribution in [0.5, 0.6) is 0 Å². The molecule has 2 aromatic carbocycles. The molecule has 0 aliphatic carbocycles. The van der Waals surface area contributed by atoms with Gasteiger partial charge in [0.05, 0.1) is 29.4 Å². The highest BCUT2D eigenvalue weighted by Gasteiger charge is 2.37. The van der Waals surface area contributed by atoms with Gasteiger partial charge in [-0.1, -0.05) is 23.2 Å². The summed E-state index contributed by atoms with van der Waals surface area (Å²) in [6.45, 7) is 1.83. The van der Waals surface area contributed by atoms with Crippen LogP contribution in [0.4, 0.5) is 13.2 Å². The Labute approximate surface area is 221 Å². The number of aryl methyl sites for hydroxylation is 2. The molecule has 0 saturated carbocycles. The third kappa shape index (κ3) is 5.17. The SMILES string of the molecule is COC(=O)C1CN(C(=O)c2ccc(Cl)c(Cc3cc4c(C)cc(C(F)(F)F)cc4n3C)c2Cl)CCC1O. The van der Waals surface area contributed by atoms with E-state index < -0.39 is 35.6 Å². The van der Waals surface area contributed by atoms with Crippen LogP contribution >= 0.6 is 23.2 Å². The topological polar surface area (TPSA) is 71.8 Å². The number of piperidine rings is 1. The van der Waals surface area contributed by atoms with Crippen LogP contribution in [0.15, 0.2) is 30.3 Å². The number of carbonyl (C=O) groups excluding carboxylic acids is 2.